The molecule has 0 aromatic carbocycles. The number of rotatable bonds is 2. The molecular weight excluding hydrogens is 156 g/mol. The Hall–Kier alpha value is -1.46. The Labute approximate surface area is 69.7 Å². The van der Waals surface area contributed by atoms with E-state index in [-0.39, 0.29) is 0 Å². The molecule has 1 amide bonds. The van der Waals surface area contributed by atoms with Gasteiger partial charge in [-0.15, -0.1) is 0 Å². The highest BCUT2D eigenvalue weighted by atomic mass is 16.2. The fraction of sp³-hybridized carbons (Fsp3) is 0.143. The third-order valence-corrected chi connectivity index (χ3v) is 1.43. The molecule has 0 aliphatic heterocycles. The topological polar surface area (TPSA) is 94.0 Å². The second-order valence-corrected chi connectivity index (χ2v) is 2.24. The first kappa shape index (κ1) is 8.63. The van der Waals surface area contributed by atoms with Gasteiger partial charge in [0.15, 0.2) is 0 Å². The van der Waals surface area contributed by atoms with E-state index in [1.807, 2.05) is 5.43 Å². The molecule has 1 rings (SSSR count). The summed E-state index contributed by atoms with van der Waals surface area (Å²) in [6.45, 7) is 0. The number of amides is 1. The van der Waals surface area contributed by atoms with Crippen LogP contribution < -0.4 is 17.0 Å². The van der Waals surface area contributed by atoms with Crippen molar-refractivity contribution in [3.63, 3.8) is 0 Å². The van der Waals surface area contributed by atoms with E-state index in [1.165, 1.54) is 0 Å². The minimum atomic E-state index is -0.795. The predicted molar refractivity (Wildman–Crippen MR) is 43.5 cm³/mol. The molecule has 0 radical (unpaired) electrons. The Morgan fingerprint density at radius 2 is 2.33 bits per heavy atom. The van der Waals surface area contributed by atoms with Crippen molar-refractivity contribution in [3.05, 3.63) is 30.1 Å². The Balaban J connectivity index is 2.78. The quantitative estimate of drug-likeness (QED) is 0.300. The van der Waals surface area contributed by atoms with Gasteiger partial charge in [0.2, 0.25) is 0 Å². The minimum Gasteiger partial charge on any atom is -0.315 e. The maximum Gasteiger partial charge on any atom is 0.256 e. The van der Waals surface area contributed by atoms with Crippen LogP contribution in [-0.2, 0) is 4.79 Å². The lowest BCUT2D eigenvalue weighted by Crippen LogP contribution is -2.38. The zero-order chi connectivity index (χ0) is 8.97. The molecule has 1 unspecified atom stereocenters. The molecule has 0 aliphatic rings. The highest BCUT2D eigenvalue weighted by molar-refractivity contribution is 5.81. The average Bonchev–Trinajstić information content (AvgIpc) is 2.17. The third kappa shape index (κ3) is 1.77. The van der Waals surface area contributed by atoms with Crippen LogP contribution in [0.2, 0.25) is 0 Å². The highest BCUT2D eigenvalue weighted by Crippen LogP contribution is 2.04. The van der Waals surface area contributed by atoms with Gasteiger partial charge in [0, 0.05) is 6.20 Å². The second-order valence-electron chi connectivity index (χ2n) is 2.24. The number of nitrogens with one attached hydrogen (secondary N) is 1. The SMILES string of the molecule is NNC(=O)C(N)c1ccccn1. The van der Waals surface area contributed by atoms with Crippen molar-refractivity contribution < 1.29 is 4.79 Å². The van der Waals surface area contributed by atoms with Crippen LogP contribution in [0.15, 0.2) is 24.4 Å². The van der Waals surface area contributed by atoms with Crippen LogP contribution in [0.1, 0.15) is 11.7 Å². The maximum absolute atomic E-state index is 10.9. The van der Waals surface area contributed by atoms with Crippen LogP contribution in [0.4, 0.5) is 0 Å². The van der Waals surface area contributed by atoms with Crippen molar-refractivity contribution in [1.82, 2.24) is 10.4 Å². The first-order valence-electron chi connectivity index (χ1n) is 3.42. The normalized spacial score (nSPS) is 12.2. The summed E-state index contributed by atoms with van der Waals surface area (Å²) in [6.07, 6.45) is 1.57. The minimum absolute atomic E-state index is 0.450. The van der Waals surface area contributed by atoms with Crippen molar-refractivity contribution in [1.29, 1.82) is 0 Å². The molecule has 1 atom stereocenters. The predicted octanol–water partition coefficient (Wildman–Crippen LogP) is -0.929. The van der Waals surface area contributed by atoms with E-state index in [1.54, 1.807) is 24.4 Å². The first-order chi connectivity index (χ1) is 5.75. The summed E-state index contributed by atoms with van der Waals surface area (Å²) in [6, 6.07) is 4.37. The lowest BCUT2D eigenvalue weighted by Gasteiger charge is -2.07. The number of hydrazine groups is 1. The van der Waals surface area contributed by atoms with E-state index in [9.17, 15) is 4.79 Å². The average molecular weight is 166 g/mol. The van der Waals surface area contributed by atoms with Crippen LogP contribution in [0.3, 0.4) is 0 Å². The Morgan fingerprint density at radius 3 is 2.83 bits per heavy atom. The van der Waals surface area contributed by atoms with Crippen molar-refractivity contribution in [2.45, 2.75) is 6.04 Å². The fourth-order valence-electron chi connectivity index (χ4n) is 0.784. The van der Waals surface area contributed by atoms with Gasteiger partial charge in [-0.2, -0.15) is 0 Å². The van der Waals surface area contributed by atoms with E-state index in [0.717, 1.165) is 0 Å². The van der Waals surface area contributed by atoms with Gasteiger partial charge in [0.25, 0.3) is 5.91 Å². The largest absolute Gasteiger partial charge is 0.315 e. The zero-order valence-electron chi connectivity index (χ0n) is 6.40. The Bertz CT molecular complexity index is 261. The molecular formula is C7H10N4O. The molecule has 5 N–H and O–H groups in total. The van der Waals surface area contributed by atoms with E-state index in [4.69, 9.17) is 11.6 Å². The molecule has 5 heteroatoms. The zero-order valence-corrected chi connectivity index (χ0v) is 6.40. The van der Waals surface area contributed by atoms with Gasteiger partial charge in [-0.05, 0) is 12.1 Å². The van der Waals surface area contributed by atoms with Crippen molar-refractivity contribution >= 4 is 5.91 Å². The van der Waals surface area contributed by atoms with Gasteiger partial charge >= 0.3 is 0 Å². The fourth-order valence-corrected chi connectivity index (χ4v) is 0.784. The van der Waals surface area contributed by atoms with Gasteiger partial charge < -0.3 is 5.73 Å². The number of carbonyl (C=O) groups excluding carboxylic acids is 1. The van der Waals surface area contributed by atoms with E-state index >= 15 is 0 Å². The van der Waals surface area contributed by atoms with Crippen molar-refractivity contribution in [2.75, 3.05) is 0 Å². The van der Waals surface area contributed by atoms with Gasteiger partial charge in [-0.25, -0.2) is 5.84 Å². The monoisotopic (exact) mass is 166 g/mol. The Kier molecular flexibility index (Phi) is 2.73. The molecule has 0 saturated carbocycles. The summed E-state index contributed by atoms with van der Waals surface area (Å²) < 4.78 is 0. The lowest BCUT2D eigenvalue weighted by molar-refractivity contribution is -0.122. The summed E-state index contributed by atoms with van der Waals surface area (Å²) in [4.78, 5) is 14.8. The molecule has 1 aromatic heterocycles. The van der Waals surface area contributed by atoms with Crippen molar-refractivity contribution in [3.8, 4) is 0 Å². The number of pyridine rings is 1. The first-order valence-corrected chi connectivity index (χ1v) is 3.42. The molecule has 0 spiro atoms. The van der Waals surface area contributed by atoms with Gasteiger partial charge in [-0.3, -0.25) is 15.2 Å². The molecule has 64 valence electrons. The number of aromatic nitrogens is 1. The second kappa shape index (κ2) is 3.80. The number of hydrogen-bond acceptors (Lipinski definition) is 4. The maximum atomic E-state index is 10.9. The smallest absolute Gasteiger partial charge is 0.256 e. The lowest BCUT2D eigenvalue weighted by atomic mass is 10.2. The molecule has 1 aromatic rings. The molecule has 0 aliphatic carbocycles. The Morgan fingerprint density at radius 1 is 1.58 bits per heavy atom. The van der Waals surface area contributed by atoms with Gasteiger partial charge in [0.05, 0.1) is 5.69 Å². The standard InChI is InChI=1S/C7H10N4O/c8-6(7(12)11-9)5-3-1-2-4-10-5/h1-4,6H,8-9H2,(H,11,12). The van der Waals surface area contributed by atoms with E-state index < -0.39 is 11.9 Å². The van der Waals surface area contributed by atoms with Crippen LogP contribution >= 0.6 is 0 Å². The summed E-state index contributed by atoms with van der Waals surface area (Å²) >= 11 is 0. The number of nitrogens with two attached hydrogens (primary N) is 2. The van der Waals surface area contributed by atoms with Crippen LogP contribution in [0, 0.1) is 0 Å². The molecule has 1 heterocycles. The molecule has 0 bridgehead atoms. The number of carbonyl (C=O) groups is 1. The summed E-state index contributed by atoms with van der Waals surface area (Å²) in [5.41, 5.74) is 7.95. The highest BCUT2D eigenvalue weighted by Gasteiger charge is 2.14. The molecule has 12 heavy (non-hydrogen) atoms. The number of nitrogens with zero attached hydrogens (tertiary/aromatic N) is 1. The number of hydrogen-bond donors (Lipinski definition) is 3. The van der Waals surface area contributed by atoms with E-state index in [2.05, 4.69) is 4.98 Å². The molecule has 0 saturated heterocycles. The molecule has 5 nitrogen and oxygen atoms in total. The van der Waals surface area contributed by atoms with E-state index in [0.29, 0.717) is 5.69 Å². The van der Waals surface area contributed by atoms with Crippen LogP contribution in [0.25, 0.3) is 0 Å². The van der Waals surface area contributed by atoms with Crippen LogP contribution in [0.5, 0.6) is 0 Å². The van der Waals surface area contributed by atoms with Gasteiger partial charge in [0.1, 0.15) is 6.04 Å². The third-order valence-electron chi connectivity index (χ3n) is 1.43. The summed E-state index contributed by atoms with van der Waals surface area (Å²) in [5, 5.41) is 0. The summed E-state index contributed by atoms with van der Waals surface area (Å²) in [7, 11) is 0. The van der Waals surface area contributed by atoms with Crippen LogP contribution in [-0.4, -0.2) is 10.9 Å². The summed E-state index contributed by atoms with van der Waals surface area (Å²) in [5.74, 6) is 4.45. The van der Waals surface area contributed by atoms with Crippen molar-refractivity contribution in [2.24, 2.45) is 11.6 Å². The molecule has 0 fully saturated rings. The van der Waals surface area contributed by atoms with Gasteiger partial charge in [-0.1, -0.05) is 6.07 Å².